The zero-order valence-electron chi connectivity index (χ0n) is 13.7. The molecule has 1 aliphatic carbocycles. The predicted octanol–water partition coefficient (Wildman–Crippen LogP) is 4.96. The van der Waals surface area contributed by atoms with Gasteiger partial charge < -0.3 is 0 Å². The molecule has 0 radical (unpaired) electrons. The maximum Gasteiger partial charge on any atom is 0.247 e. The van der Waals surface area contributed by atoms with Crippen LogP contribution in [0.15, 0.2) is 65.4 Å². The van der Waals surface area contributed by atoms with Crippen LogP contribution in [0.1, 0.15) is 39.0 Å². The second-order valence-electron chi connectivity index (χ2n) is 6.32. The summed E-state index contributed by atoms with van der Waals surface area (Å²) in [7, 11) is -2.96. The zero-order chi connectivity index (χ0) is 16.1. The average Bonchev–Trinajstić information content (AvgIpc) is 2.64. The molecule has 0 aliphatic heterocycles. The number of benzene rings is 2. The van der Waals surface area contributed by atoms with Gasteiger partial charge in [0.15, 0.2) is 0 Å². The summed E-state index contributed by atoms with van der Waals surface area (Å²) in [5.74, 6) is 0.490. The molecule has 0 atom stereocenters. The molecule has 1 fully saturated rings. The van der Waals surface area contributed by atoms with Gasteiger partial charge in [0.1, 0.15) is 0 Å². The van der Waals surface area contributed by atoms with E-state index in [9.17, 15) is 4.57 Å². The van der Waals surface area contributed by atoms with Crippen molar-refractivity contribution in [3.63, 3.8) is 0 Å². The first kappa shape index (κ1) is 16.2. The predicted molar refractivity (Wildman–Crippen MR) is 99.4 cm³/mol. The number of hydrogen-bond acceptors (Lipinski definition) is 1. The maximum absolute atomic E-state index is 13.9. The van der Waals surface area contributed by atoms with Gasteiger partial charge in [0, 0.05) is 16.3 Å². The van der Waals surface area contributed by atoms with E-state index in [0.29, 0.717) is 5.92 Å². The van der Waals surface area contributed by atoms with Gasteiger partial charge in [-0.05, 0) is 49.9 Å². The van der Waals surface area contributed by atoms with E-state index in [2.05, 4.69) is 6.92 Å². The van der Waals surface area contributed by atoms with Gasteiger partial charge in [0.05, 0.1) is 0 Å². The molecule has 2 aromatic carbocycles. The Labute approximate surface area is 139 Å². The first-order valence-electron chi connectivity index (χ1n) is 8.48. The molecule has 3 heteroatoms. The second-order valence-corrected chi connectivity index (χ2v) is 8.71. The van der Waals surface area contributed by atoms with Crippen LogP contribution in [-0.2, 0) is 4.57 Å². The molecular weight excluding hydrogens is 301 g/mol. The van der Waals surface area contributed by atoms with Gasteiger partial charge in [-0.25, -0.2) is 4.76 Å². The molecule has 0 heterocycles. The Kier molecular flexibility index (Phi) is 5.13. The maximum atomic E-state index is 13.9. The van der Waals surface area contributed by atoms with Crippen molar-refractivity contribution < 1.29 is 4.57 Å². The summed E-state index contributed by atoms with van der Waals surface area (Å²) < 4.78 is 18.7. The Morgan fingerprint density at radius 1 is 0.870 bits per heavy atom. The minimum Gasteiger partial charge on any atom is -0.288 e. The van der Waals surface area contributed by atoms with Crippen LogP contribution in [0.4, 0.5) is 0 Å². The van der Waals surface area contributed by atoms with Crippen LogP contribution in [0.25, 0.3) is 0 Å². The standard InChI is InChI=1S/C20H24NOP/c1-17(18-11-5-2-6-12-18)21-23(22,19-13-7-3-8-14-19)20-15-9-4-10-16-20/h3-4,7-10,13-16,18H,2,5-6,11-12H2,1H3. The van der Waals surface area contributed by atoms with Crippen molar-refractivity contribution in [3.05, 3.63) is 60.7 Å². The largest absolute Gasteiger partial charge is 0.288 e. The third-order valence-electron chi connectivity index (χ3n) is 4.71. The lowest BCUT2D eigenvalue weighted by atomic mass is 9.86. The lowest BCUT2D eigenvalue weighted by molar-refractivity contribution is 0.438. The molecule has 2 nitrogen and oxygen atoms in total. The van der Waals surface area contributed by atoms with E-state index in [-0.39, 0.29) is 0 Å². The molecule has 120 valence electrons. The quantitative estimate of drug-likeness (QED) is 0.577. The van der Waals surface area contributed by atoms with E-state index >= 15 is 0 Å². The monoisotopic (exact) mass is 325 g/mol. The van der Waals surface area contributed by atoms with E-state index < -0.39 is 7.29 Å². The summed E-state index contributed by atoms with van der Waals surface area (Å²) in [6.45, 7) is 2.06. The van der Waals surface area contributed by atoms with E-state index in [4.69, 9.17) is 4.76 Å². The number of hydrogen-bond donors (Lipinski definition) is 0. The SMILES string of the molecule is CC(=NP(=O)(c1ccccc1)c1ccccc1)C1CCCCC1. The number of rotatable bonds is 4. The van der Waals surface area contributed by atoms with Crippen molar-refractivity contribution in [1.82, 2.24) is 0 Å². The molecule has 2 aromatic rings. The topological polar surface area (TPSA) is 29.4 Å². The fraction of sp³-hybridized carbons (Fsp3) is 0.350. The zero-order valence-corrected chi connectivity index (χ0v) is 14.6. The molecule has 0 unspecified atom stereocenters. The normalized spacial score (nSPS) is 17.2. The van der Waals surface area contributed by atoms with Gasteiger partial charge in [-0.1, -0.05) is 55.7 Å². The highest BCUT2D eigenvalue weighted by Gasteiger charge is 2.28. The van der Waals surface area contributed by atoms with E-state index in [1.807, 2.05) is 60.7 Å². The minimum atomic E-state index is -2.96. The Morgan fingerprint density at radius 3 is 1.83 bits per heavy atom. The molecule has 0 amide bonds. The molecule has 0 spiro atoms. The Hall–Kier alpha value is -1.66. The summed E-state index contributed by atoms with van der Waals surface area (Å²) in [5, 5.41) is 1.64. The molecule has 3 rings (SSSR count). The average molecular weight is 325 g/mol. The Bertz CT molecular complexity index is 659. The minimum absolute atomic E-state index is 0.490. The van der Waals surface area contributed by atoms with Crippen molar-refractivity contribution in [3.8, 4) is 0 Å². The van der Waals surface area contributed by atoms with Gasteiger partial charge >= 0.3 is 0 Å². The summed E-state index contributed by atoms with van der Waals surface area (Å²) in [4.78, 5) is 0. The summed E-state index contributed by atoms with van der Waals surface area (Å²) in [6, 6.07) is 19.4. The smallest absolute Gasteiger partial charge is 0.247 e. The van der Waals surface area contributed by atoms with Crippen LogP contribution >= 0.6 is 7.29 Å². The Morgan fingerprint density at radius 2 is 1.35 bits per heavy atom. The fourth-order valence-corrected chi connectivity index (χ4v) is 5.64. The van der Waals surface area contributed by atoms with Crippen molar-refractivity contribution in [2.75, 3.05) is 0 Å². The van der Waals surface area contributed by atoms with Crippen LogP contribution in [0.2, 0.25) is 0 Å². The van der Waals surface area contributed by atoms with Gasteiger partial charge in [0.2, 0.25) is 7.29 Å². The van der Waals surface area contributed by atoms with Crippen LogP contribution in [0, 0.1) is 5.92 Å². The molecule has 0 saturated heterocycles. The van der Waals surface area contributed by atoms with Crippen LogP contribution in [0.5, 0.6) is 0 Å². The molecule has 23 heavy (non-hydrogen) atoms. The molecule has 0 aromatic heterocycles. The van der Waals surface area contributed by atoms with Gasteiger partial charge in [0.25, 0.3) is 0 Å². The first-order chi connectivity index (χ1) is 11.2. The van der Waals surface area contributed by atoms with Crippen molar-refractivity contribution >= 4 is 23.6 Å². The molecule has 0 N–H and O–H groups in total. The summed E-state index contributed by atoms with van der Waals surface area (Å²) in [6.07, 6.45) is 6.20. The van der Waals surface area contributed by atoms with E-state index in [1.165, 1.54) is 32.1 Å². The Balaban J connectivity index is 2.04. The third-order valence-corrected chi connectivity index (χ3v) is 7.30. The molecular formula is C20H24NOP. The van der Waals surface area contributed by atoms with Crippen molar-refractivity contribution in [2.45, 2.75) is 39.0 Å². The lowest BCUT2D eigenvalue weighted by Crippen LogP contribution is -2.19. The highest BCUT2D eigenvalue weighted by molar-refractivity contribution is 7.77. The van der Waals surface area contributed by atoms with Crippen LogP contribution < -0.4 is 10.6 Å². The summed E-state index contributed by atoms with van der Waals surface area (Å²) in [5.41, 5.74) is 1.06. The van der Waals surface area contributed by atoms with Gasteiger partial charge in [-0.3, -0.25) is 4.57 Å². The van der Waals surface area contributed by atoms with Crippen molar-refractivity contribution in [1.29, 1.82) is 0 Å². The second kappa shape index (κ2) is 7.27. The van der Waals surface area contributed by atoms with E-state index in [1.54, 1.807) is 0 Å². The van der Waals surface area contributed by atoms with E-state index in [0.717, 1.165) is 16.3 Å². The lowest BCUT2D eigenvalue weighted by Gasteiger charge is -2.23. The molecule has 1 saturated carbocycles. The van der Waals surface area contributed by atoms with Crippen LogP contribution in [0.3, 0.4) is 0 Å². The van der Waals surface area contributed by atoms with Gasteiger partial charge in [-0.15, -0.1) is 0 Å². The fourth-order valence-electron chi connectivity index (χ4n) is 3.35. The van der Waals surface area contributed by atoms with Gasteiger partial charge in [-0.2, -0.15) is 0 Å². The van der Waals surface area contributed by atoms with Crippen LogP contribution in [-0.4, -0.2) is 5.71 Å². The molecule has 1 aliphatic rings. The highest BCUT2D eigenvalue weighted by atomic mass is 31.2. The number of nitrogens with zero attached hydrogens (tertiary/aromatic N) is 1. The molecule has 0 bridgehead atoms. The first-order valence-corrected chi connectivity index (χ1v) is 10.1. The highest BCUT2D eigenvalue weighted by Crippen LogP contribution is 2.46. The third kappa shape index (κ3) is 3.64. The summed E-state index contributed by atoms with van der Waals surface area (Å²) >= 11 is 0. The van der Waals surface area contributed by atoms with Crippen molar-refractivity contribution in [2.24, 2.45) is 10.7 Å².